The molecule has 8 nitrogen and oxygen atoms in total. The molecule has 2 aromatic carbocycles. The molecule has 0 spiro atoms. The minimum atomic E-state index is -2.61. The van der Waals surface area contributed by atoms with Gasteiger partial charge in [-0.25, -0.2) is 23.1 Å². The zero-order chi connectivity index (χ0) is 28.3. The average Bonchev–Trinajstić information content (AvgIpc) is 2.94. The van der Waals surface area contributed by atoms with Crippen LogP contribution in [-0.2, 0) is 13.0 Å². The van der Waals surface area contributed by atoms with E-state index in [0.717, 1.165) is 19.6 Å². The van der Waals surface area contributed by atoms with Gasteiger partial charge in [0, 0.05) is 56.8 Å². The number of ether oxygens (including phenoxy) is 1. The van der Waals surface area contributed by atoms with Gasteiger partial charge in [0.2, 0.25) is 5.92 Å². The number of guanidine groups is 1. The minimum absolute atomic E-state index is 0. The van der Waals surface area contributed by atoms with Crippen molar-refractivity contribution in [3.63, 3.8) is 0 Å². The number of alkyl halides is 2. The molecule has 1 aliphatic heterocycles. The molecule has 2 fully saturated rings. The SMILES string of the molecule is C.COc1ccc(CCn2cnc3cc(NC(=NC4CCC(F)(F)CC4)N4CCN[C@@H](C)C4)ccc3c2=O)c(F)c1. The highest BCUT2D eigenvalue weighted by Crippen LogP contribution is 2.34. The van der Waals surface area contributed by atoms with Gasteiger partial charge in [0.25, 0.3) is 5.56 Å². The summed E-state index contributed by atoms with van der Waals surface area (Å²) in [5.41, 5.74) is 1.51. The van der Waals surface area contributed by atoms with E-state index in [9.17, 15) is 18.0 Å². The van der Waals surface area contributed by atoms with Crippen LogP contribution in [0.25, 0.3) is 10.9 Å². The molecule has 0 unspecified atom stereocenters. The molecule has 2 N–H and O–H groups in total. The molecule has 0 amide bonds. The maximum Gasteiger partial charge on any atom is 0.261 e. The van der Waals surface area contributed by atoms with Crippen LogP contribution >= 0.6 is 0 Å². The highest BCUT2D eigenvalue weighted by atomic mass is 19.3. The first-order valence-electron chi connectivity index (χ1n) is 13.7. The van der Waals surface area contributed by atoms with E-state index in [1.165, 1.54) is 24.1 Å². The minimum Gasteiger partial charge on any atom is -0.497 e. The monoisotopic (exact) mass is 572 g/mol. The topological polar surface area (TPSA) is 83.8 Å². The molecule has 41 heavy (non-hydrogen) atoms. The van der Waals surface area contributed by atoms with E-state index in [2.05, 4.69) is 27.4 Å². The summed E-state index contributed by atoms with van der Waals surface area (Å²) < 4.78 is 48.3. The summed E-state index contributed by atoms with van der Waals surface area (Å²) in [5.74, 6) is -1.90. The zero-order valence-corrected chi connectivity index (χ0v) is 22.8. The molecule has 1 saturated heterocycles. The maximum absolute atomic E-state index is 14.3. The first-order valence-corrected chi connectivity index (χ1v) is 13.7. The number of halogens is 3. The Morgan fingerprint density at radius 2 is 2.00 bits per heavy atom. The Balaban J connectivity index is 0.00000387. The first-order chi connectivity index (χ1) is 19.2. The van der Waals surface area contributed by atoms with Crippen LogP contribution in [0.2, 0.25) is 0 Å². The summed E-state index contributed by atoms with van der Waals surface area (Å²) in [6.07, 6.45) is 2.20. The van der Waals surface area contributed by atoms with Gasteiger partial charge in [-0.15, -0.1) is 0 Å². The first kappa shape index (κ1) is 30.4. The summed E-state index contributed by atoms with van der Waals surface area (Å²) >= 11 is 0. The third kappa shape index (κ3) is 7.38. The molecule has 1 atom stereocenters. The second-order valence-corrected chi connectivity index (χ2v) is 10.6. The Kier molecular flexibility index (Phi) is 9.57. The fourth-order valence-electron chi connectivity index (χ4n) is 5.27. The van der Waals surface area contributed by atoms with Crippen LogP contribution in [0.3, 0.4) is 0 Å². The summed E-state index contributed by atoms with van der Waals surface area (Å²) in [7, 11) is 1.48. The Morgan fingerprint density at radius 1 is 1.22 bits per heavy atom. The van der Waals surface area contributed by atoms with Gasteiger partial charge < -0.3 is 20.3 Å². The van der Waals surface area contributed by atoms with Crippen LogP contribution in [0.5, 0.6) is 5.75 Å². The van der Waals surface area contributed by atoms with E-state index in [1.54, 1.807) is 30.3 Å². The molecule has 222 valence electrons. The molecule has 1 saturated carbocycles. The number of fused-ring (bicyclic) bond motifs is 1. The Hall–Kier alpha value is -3.60. The fourth-order valence-corrected chi connectivity index (χ4v) is 5.27. The van der Waals surface area contributed by atoms with E-state index >= 15 is 0 Å². The largest absolute Gasteiger partial charge is 0.497 e. The summed E-state index contributed by atoms with van der Waals surface area (Å²) in [6.45, 7) is 4.65. The number of rotatable bonds is 6. The normalized spacial score (nSPS) is 19.6. The molecular formula is C30H39F3N6O2. The highest BCUT2D eigenvalue weighted by Gasteiger charge is 2.35. The Bertz CT molecular complexity index is 1430. The third-order valence-electron chi connectivity index (χ3n) is 7.62. The van der Waals surface area contributed by atoms with Gasteiger partial charge >= 0.3 is 0 Å². The van der Waals surface area contributed by atoms with Gasteiger partial charge in [0.05, 0.1) is 30.4 Å². The van der Waals surface area contributed by atoms with Crippen molar-refractivity contribution in [2.45, 2.75) is 71.0 Å². The Morgan fingerprint density at radius 3 is 2.71 bits per heavy atom. The van der Waals surface area contributed by atoms with Crippen LogP contribution in [0, 0.1) is 5.82 Å². The van der Waals surface area contributed by atoms with Gasteiger partial charge in [0.15, 0.2) is 5.96 Å². The second kappa shape index (κ2) is 12.9. The third-order valence-corrected chi connectivity index (χ3v) is 7.62. The number of piperazine rings is 1. The summed E-state index contributed by atoms with van der Waals surface area (Å²) in [5, 5.41) is 7.25. The van der Waals surface area contributed by atoms with Crippen LogP contribution < -0.4 is 20.9 Å². The van der Waals surface area contributed by atoms with Gasteiger partial charge in [0.1, 0.15) is 11.6 Å². The van der Waals surface area contributed by atoms with Crippen molar-refractivity contribution in [1.29, 1.82) is 0 Å². The van der Waals surface area contributed by atoms with Gasteiger partial charge in [-0.1, -0.05) is 13.5 Å². The highest BCUT2D eigenvalue weighted by molar-refractivity contribution is 5.96. The molecule has 3 aromatic rings. The molecular weight excluding hydrogens is 533 g/mol. The number of nitrogens with one attached hydrogen (secondary N) is 2. The average molecular weight is 573 g/mol. The molecule has 11 heteroatoms. The molecule has 0 radical (unpaired) electrons. The zero-order valence-electron chi connectivity index (χ0n) is 22.8. The van der Waals surface area contributed by atoms with Gasteiger partial charge in [-0.3, -0.25) is 9.36 Å². The maximum atomic E-state index is 14.3. The van der Waals surface area contributed by atoms with E-state index in [-0.39, 0.29) is 50.3 Å². The molecule has 1 aromatic heterocycles. The number of hydrogen-bond acceptors (Lipinski definition) is 5. The Labute approximate surface area is 238 Å². The van der Waals surface area contributed by atoms with E-state index in [0.29, 0.717) is 53.1 Å². The van der Waals surface area contributed by atoms with Crippen molar-refractivity contribution >= 4 is 22.5 Å². The van der Waals surface area contributed by atoms with Crippen molar-refractivity contribution in [2.75, 3.05) is 32.1 Å². The van der Waals surface area contributed by atoms with Crippen LogP contribution in [-0.4, -0.2) is 65.2 Å². The number of aliphatic imine (C=N–C) groups is 1. The smallest absolute Gasteiger partial charge is 0.261 e. The predicted molar refractivity (Wildman–Crippen MR) is 157 cm³/mol. The standard InChI is InChI=1S/C29H35F3N6O2.CH4/c1-19-17-37(14-12-33-19)28(35-21-7-10-29(31,32)11-8-21)36-22-4-6-24-26(15-22)34-18-38(27(24)39)13-9-20-3-5-23(40-2)16-25(20)30;/h3-6,15-16,18-19,21,33H,7-14,17H2,1-2H3,(H,35,36);1H4/t19-;/m0./s1. The lowest BCUT2D eigenvalue weighted by atomic mass is 9.93. The molecule has 2 heterocycles. The van der Waals surface area contributed by atoms with Crippen molar-refractivity contribution < 1.29 is 17.9 Å². The lowest BCUT2D eigenvalue weighted by molar-refractivity contribution is -0.0374. The number of benzene rings is 2. The fraction of sp³-hybridized carbons (Fsp3) is 0.500. The van der Waals surface area contributed by atoms with Gasteiger partial charge in [-0.2, -0.15) is 0 Å². The van der Waals surface area contributed by atoms with Crippen molar-refractivity contribution in [3.8, 4) is 5.75 Å². The number of methoxy groups -OCH3 is 1. The van der Waals surface area contributed by atoms with Crippen LogP contribution in [0.4, 0.5) is 18.9 Å². The number of nitrogens with zero attached hydrogens (tertiary/aromatic N) is 4. The second-order valence-electron chi connectivity index (χ2n) is 10.6. The lowest BCUT2D eigenvalue weighted by Gasteiger charge is -2.35. The predicted octanol–water partition coefficient (Wildman–Crippen LogP) is 5.06. The quantitative estimate of drug-likeness (QED) is 0.317. The van der Waals surface area contributed by atoms with Crippen molar-refractivity contribution in [1.82, 2.24) is 19.8 Å². The lowest BCUT2D eigenvalue weighted by Crippen LogP contribution is -2.53. The molecule has 2 aliphatic rings. The van der Waals surface area contributed by atoms with Crippen molar-refractivity contribution in [3.05, 3.63) is 64.5 Å². The van der Waals surface area contributed by atoms with Crippen LogP contribution in [0.1, 0.15) is 45.6 Å². The summed E-state index contributed by atoms with van der Waals surface area (Å²) in [4.78, 5) is 24.7. The van der Waals surface area contributed by atoms with Gasteiger partial charge in [-0.05, 0) is 56.0 Å². The number of aryl methyl sites for hydroxylation is 2. The number of anilines is 1. The number of hydrogen-bond donors (Lipinski definition) is 2. The summed E-state index contributed by atoms with van der Waals surface area (Å²) in [6, 6.07) is 10.1. The molecule has 5 rings (SSSR count). The number of aromatic nitrogens is 2. The van der Waals surface area contributed by atoms with Crippen molar-refractivity contribution in [2.24, 2.45) is 4.99 Å². The van der Waals surface area contributed by atoms with E-state index in [4.69, 9.17) is 9.73 Å². The van der Waals surface area contributed by atoms with Crippen LogP contribution in [0.15, 0.2) is 52.5 Å². The van der Waals surface area contributed by atoms with E-state index in [1.807, 2.05) is 0 Å². The van der Waals surface area contributed by atoms with E-state index < -0.39 is 5.92 Å². The molecule has 1 aliphatic carbocycles. The molecule has 0 bridgehead atoms.